The zero-order valence-electron chi connectivity index (χ0n) is 13.2. The summed E-state index contributed by atoms with van der Waals surface area (Å²) in [7, 11) is 0. The van der Waals surface area contributed by atoms with Crippen molar-refractivity contribution < 1.29 is 4.74 Å². The molecule has 0 saturated heterocycles. The first kappa shape index (κ1) is 14.8. The second-order valence-corrected chi connectivity index (χ2v) is 6.85. The summed E-state index contributed by atoms with van der Waals surface area (Å²) in [5.74, 6) is 1.10. The van der Waals surface area contributed by atoms with Crippen LogP contribution in [0.1, 0.15) is 32.1 Å². The highest BCUT2D eigenvalue weighted by atomic mass is 32.2. The van der Waals surface area contributed by atoms with Crippen LogP contribution in [0.5, 0.6) is 5.88 Å². The maximum Gasteiger partial charge on any atom is 0.247 e. The normalized spacial score (nSPS) is 20.7. The number of hydrogen-bond donors (Lipinski definition) is 1. The van der Waals surface area contributed by atoms with Gasteiger partial charge in [-0.2, -0.15) is 4.98 Å². The van der Waals surface area contributed by atoms with Gasteiger partial charge in [-0.1, -0.05) is 49.2 Å². The Bertz CT molecular complexity index is 703. The Morgan fingerprint density at radius 1 is 1.13 bits per heavy atom. The summed E-state index contributed by atoms with van der Waals surface area (Å²) in [6, 6.07) is 8.16. The van der Waals surface area contributed by atoms with Crippen LogP contribution in [-0.2, 0) is 0 Å². The van der Waals surface area contributed by atoms with Crippen molar-refractivity contribution >= 4 is 17.4 Å². The van der Waals surface area contributed by atoms with Gasteiger partial charge in [0, 0.05) is 17.2 Å². The Balaban J connectivity index is 1.77. The van der Waals surface area contributed by atoms with Crippen LogP contribution in [0.15, 0.2) is 29.4 Å². The molecule has 1 atom stereocenters. The number of para-hydroxylation sites is 1. The van der Waals surface area contributed by atoms with Crippen LogP contribution in [0, 0.1) is 5.92 Å². The van der Waals surface area contributed by atoms with Crippen molar-refractivity contribution in [2.24, 2.45) is 5.92 Å². The molecule has 1 saturated carbocycles. The molecule has 1 fully saturated rings. The number of nitrogens with zero attached hydrogens (tertiary/aromatic N) is 3. The van der Waals surface area contributed by atoms with E-state index in [4.69, 9.17) is 4.74 Å². The Hall–Kier alpha value is -1.82. The number of rotatable bonds is 2. The number of fused-ring (bicyclic) bond motifs is 3. The monoisotopic (exact) mass is 328 g/mol. The van der Waals surface area contributed by atoms with E-state index in [0.717, 1.165) is 16.9 Å². The molecule has 0 amide bonds. The number of nitrogens with one attached hydrogen (secondary N) is 1. The average Bonchev–Trinajstić information content (AvgIpc) is 2.78. The van der Waals surface area contributed by atoms with Gasteiger partial charge in [0.1, 0.15) is 0 Å². The molecule has 2 aromatic rings. The summed E-state index contributed by atoms with van der Waals surface area (Å²) in [5, 5.41) is 12.8. The molecule has 1 N–H and O–H groups in total. The van der Waals surface area contributed by atoms with Gasteiger partial charge in [-0.05, 0) is 25.2 Å². The summed E-state index contributed by atoms with van der Waals surface area (Å²) in [6.07, 6.45) is 8.18. The quantitative estimate of drug-likeness (QED) is 0.842. The van der Waals surface area contributed by atoms with Crippen molar-refractivity contribution in [2.45, 2.75) is 43.5 Å². The Labute approximate surface area is 140 Å². The lowest BCUT2D eigenvalue weighted by molar-refractivity contribution is 0.126. The van der Waals surface area contributed by atoms with Gasteiger partial charge in [-0.15, -0.1) is 10.2 Å². The smallest absolute Gasteiger partial charge is 0.247 e. The molecule has 5 nitrogen and oxygen atoms in total. The van der Waals surface area contributed by atoms with Gasteiger partial charge in [-0.3, -0.25) is 0 Å². The van der Waals surface area contributed by atoms with E-state index in [9.17, 15) is 0 Å². The molecule has 0 spiro atoms. The third-order valence-corrected chi connectivity index (χ3v) is 5.15. The minimum Gasteiger partial charge on any atom is -0.452 e. The average molecular weight is 328 g/mol. The standard InChI is InChI=1S/C17H20N4OS/c1-23-17-19-16-14(20-21-17)12-9-5-6-10-13(12)18-15(22-16)11-7-3-2-4-8-11/h5-6,9-11,15,18H,2-4,7-8H2,1H3. The molecule has 120 valence electrons. The van der Waals surface area contributed by atoms with Gasteiger partial charge in [0.05, 0.1) is 0 Å². The molecule has 6 heteroatoms. The molecule has 2 heterocycles. The second kappa shape index (κ2) is 6.35. The summed E-state index contributed by atoms with van der Waals surface area (Å²) in [4.78, 5) is 4.56. The topological polar surface area (TPSA) is 59.9 Å². The van der Waals surface area contributed by atoms with Gasteiger partial charge >= 0.3 is 0 Å². The fourth-order valence-electron chi connectivity index (χ4n) is 3.40. The third-order valence-electron chi connectivity index (χ3n) is 4.61. The first-order valence-corrected chi connectivity index (χ1v) is 9.39. The maximum atomic E-state index is 6.28. The van der Waals surface area contributed by atoms with Crippen LogP contribution in [-0.4, -0.2) is 27.7 Å². The van der Waals surface area contributed by atoms with Gasteiger partial charge < -0.3 is 10.1 Å². The number of thioether (sulfide) groups is 1. The van der Waals surface area contributed by atoms with E-state index in [-0.39, 0.29) is 6.23 Å². The largest absolute Gasteiger partial charge is 0.452 e. The van der Waals surface area contributed by atoms with E-state index in [2.05, 4.69) is 26.6 Å². The van der Waals surface area contributed by atoms with Gasteiger partial charge in [0.25, 0.3) is 0 Å². The van der Waals surface area contributed by atoms with E-state index >= 15 is 0 Å². The Kier molecular flexibility index (Phi) is 4.08. The predicted octanol–water partition coefficient (Wildman–Crippen LogP) is 3.97. The van der Waals surface area contributed by atoms with E-state index < -0.39 is 0 Å². The second-order valence-electron chi connectivity index (χ2n) is 6.08. The molecule has 1 aliphatic heterocycles. The van der Waals surface area contributed by atoms with Crippen molar-refractivity contribution in [1.29, 1.82) is 0 Å². The first-order valence-electron chi connectivity index (χ1n) is 8.16. The summed E-state index contributed by atoms with van der Waals surface area (Å²) < 4.78 is 6.28. The highest BCUT2D eigenvalue weighted by molar-refractivity contribution is 7.98. The number of anilines is 1. The van der Waals surface area contributed by atoms with E-state index in [1.807, 2.05) is 24.5 Å². The van der Waals surface area contributed by atoms with Crippen LogP contribution in [0.4, 0.5) is 5.69 Å². The third kappa shape index (κ3) is 2.87. The lowest BCUT2D eigenvalue weighted by Crippen LogP contribution is -2.35. The highest BCUT2D eigenvalue weighted by Gasteiger charge is 2.31. The zero-order valence-corrected chi connectivity index (χ0v) is 14.0. The molecule has 1 aliphatic carbocycles. The molecular weight excluding hydrogens is 308 g/mol. The van der Waals surface area contributed by atoms with Crippen molar-refractivity contribution in [1.82, 2.24) is 15.2 Å². The molecule has 0 radical (unpaired) electrons. The Morgan fingerprint density at radius 3 is 2.78 bits per heavy atom. The van der Waals surface area contributed by atoms with Crippen molar-refractivity contribution in [3.05, 3.63) is 24.3 Å². The molecule has 0 bridgehead atoms. The van der Waals surface area contributed by atoms with Crippen molar-refractivity contribution in [2.75, 3.05) is 11.6 Å². The molecular formula is C17H20N4OS. The van der Waals surface area contributed by atoms with E-state index in [1.54, 1.807) is 0 Å². The van der Waals surface area contributed by atoms with Gasteiger partial charge in [0.2, 0.25) is 11.0 Å². The van der Waals surface area contributed by atoms with Crippen LogP contribution < -0.4 is 10.1 Å². The van der Waals surface area contributed by atoms with Crippen LogP contribution in [0.25, 0.3) is 11.3 Å². The molecule has 1 unspecified atom stereocenters. The first-order chi connectivity index (χ1) is 11.3. The van der Waals surface area contributed by atoms with Gasteiger partial charge in [0.15, 0.2) is 11.9 Å². The van der Waals surface area contributed by atoms with Crippen molar-refractivity contribution in [3.8, 4) is 17.1 Å². The van der Waals surface area contributed by atoms with Crippen LogP contribution in [0.3, 0.4) is 0 Å². The molecule has 1 aromatic carbocycles. The van der Waals surface area contributed by atoms with Crippen LogP contribution in [0.2, 0.25) is 0 Å². The van der Waals surface area contributed by atoms with Crippen LogP contribution >= 0.6 is 11.8 Å². The number of hydrogen-bond acceptors (Lipinski definition) is 6. The fourth-order valence-corrected chi connectivity index (χ4v) is 3.70. The predicted molar refractivity (Wildman–Crippen MR) is 91.7 cm³/mol. The Morgan fingerprint density at radius 2 is 1.96 bits per heavy atom. The van der Waals surface area contributed by atoms with E-state index in [0.29, 0.717) is 17.0 Å². The number of aromatic nitrogens is 3. The fraction of sp³-hybridized carbons (Fsp3) is 0.471. The minimum atomic E-state index is -0.0518. The summed E-state index contributed by atoms with van der Waals surface area (Å²) in [6.45, 7) is 0. The highest BCUT2D eigenvalue weighted by Crippen LogP contribution is 2.39. The van der Waals surface area contributed by atoms with E-state index in [1.165, 1.54) is 43.9 Å². The van der Waals surface area contributed by atoms with Crippen molar-refractivity contribution in [3.63, 3.8) is 0 Å². The van der Waals surface area contributed by atoms with Gasteiger partial charge in [-0.25, -0.2) is 0 Å². The summed E-state index contributed by atoms with van der Waals surface area (Å²) >= 11 is 1.48. The molecule has 2 aliphatic rings. The maximum absolute atomic E-state index is 6.28. The summed E-state index contributed by atoms with van der Waals surface area (Å²) in [5.41, 5.74) is 2.78. The molecule has 1 aromatic heterocycles. The lowest BCUT2D eigenvalue weighted by atomic mass is 9.88. The lowest BCUT2D eigenvalue weighted by Gasteiger charge is -2.30. The number of benzene rings is 1. The minimum absolute atomic E-state index is 0.0518. The number of ether oxygens (including phenoxy) is 1. The molecule has 23 heavy (non-hydrogen) atoms. The zero-order chi connectivity index (χ0) is 15.6. The molecule has 4 rings (SSSR count). The SMILES string of the molecule is CSc1nnc2c(n1)OC(C1CCCCC1)Nc1ccccc1-2.